The van der Waals surface area contributed by atoms with Crippen LogP contribution in [-0.2, 0) is 4.12 Å². The van der Waals surface area contributed by atoms with Crippen LogP contribution in [0.2, 0.25) is 0 Å². The fourth-order valence-electron chi connectivity index (χ4n) is 0.153. The summed E-state index contributed by atoms with van der Waals surface area (Å²) in [7, 11) is -11.8. The van der Waals surface area contributed by atoms with Crippen LogP contribution in [-0.4, -0.2) is 23.6 Å². The van der Waals surface area contributed by atoms with Crippen LogP contribution in [0.25, 0.3) is 0 Å². The molecule has 0 saturated carbocycles. The smallest absolute Gasteiger partial charge is 0.862 e. The third kappa shape index (κ3) is 50.1. The van der Waals surface area contributed by atoms with Gasteiger partial charge in [-0.25, -0.2) is 0 Å². The van der Waals surface area contributed by atoms with Crippen LogP contribution in [0.15, 0.2) is 0 Å². The van der Waals surface area contributed by atoms with E-state index in [2.05, 4.69) is 4.12 Å². The first-order valence-electron chi connectivity index (χ1n) is 1.63. The molecular weight excluding hydrogens is 322 g/mol. The Bertz CT molecular complexity index is 87.7. The Morgan fingerprint density at radius 2 is 0.625 bits per heavy atom. The van der Waals surface area contributed by atoms with Crippen molar-refractivity contribution in [3.8, 4) is 0 Å². The van der Waals surface area contributed by atoms with Gasteiger partial charge in [-0.15, -0.1) is 18.1 Å². The van der Waals surface area contributed by atoms with Crippen LogP contribution in [0.4, 0.5) is 0 Å². The SMILES string of the molecule is O.[Na+].[Na+].[Na+].[Na+].[Na+].[Na+].[O-][Si]([O-])([O-])O[Si]([O-])([O-])[O-]. The summed E-state index contributed by atoms with van der Waals surface area (Å²) in [6, 6.07) is 0. The molecule has 0 aromatic heterocycles. The van der Waals surface area contributed by atoms with Gasteiger partial charge in [-0.1, -0.05) is 0 Å². The summed E-state index contributed by atoms with van der Waals surface area (Å²) in [5.74, 6) is 0. The third-order valence-electron chi connectivity index (χ3n) is 0.250. The molecule has 0 unspecified atom stereocenters. The summed E-state index contributed by atoms with van der Waals surface area (Å²) in [5.41, 5.74) is 0. The van der Waals surface area contributed by atoms with Crippen LogP contribution >= 0.6 is 0 Å². The largest absolute Gasteiger partial charge is 1.00 e. The third-order valence-corrected chi connectivity index (χ3v) is 2.25. The number of hydrogen-bond donors (Lipinski definition) is 0. The molecule has 8 nitrogen and oxygen atoms in total. The normalized spacial score (nSPS) is 7.88. The summed E-state index contributed by atoms with van der Waals surface area (Å²) in [6.45, 7) is 0. The molecule has 0 aliphatic heterocycles. The fraction of sp³-hybridized carbons (Fsp3) is 0. The van der Waals surface area contributed by atoms with E-state index in [9.17, 15) is 28.8 Å². The Kier molecular flexibility index (Phi) is 72.3. The van der Waals surface area contributed by atoms with Crippen molar-refractivity contribution in [3.63, 3.8) is 0 Å². The maximum Gasteiger partial charge on any atom is 1.00 e. The van der Waals surface area contributed by atoms with Gasteiger partial charge in [0.2, 0.25) is 0 Å². The van der Waals surface area contributed by atoms with E-state index in [-0.39, 0.29) is 183 Å². The molecule has 0 atom stereocenters. The summed E-state index contributed by atoms with van der Waals surface area (Å²) < 4.78 is 2.57. The van der Waals surface area contributed by atoms with Gasteiger partial charge in [0.25, 0.3) is 0 Å². The van der Waals surface area contributed by atoms with Crippen LogP contribution < -0.4 is 206 Å². The Hall–Kier alpha value is 6.11. The first kappa shape index (κ1) is 49.5. The van der Waals surface area contributed by atoms with E-state index in [1.165, 1.54) is 0 Å². The van der Waals surface area contributed by atoms with Crippen molar-refractivity contribution in [3.05, 3.63) is 0 Å². The van der Waals surface area contributed by atoms with Crippen LogP contribution in [0.3, 0.4) is 0 Å². The average molecular weight is 324 g/mol. The Morgan fingerprint density at radius 1 is 0.500 bits per heavy atom. The maximum atomic E-state index is 9.36. The summed E-state index contributed by atoms with van der Waals surface area (Å²) in [5, 5.41) is 0. The van der Waals surface area contributed by atoms with Crippen LogP contribution in [0.5, 0.6) is 0 Å². The molecule has 0 bridgehead atoms. The molecule has 64 valence electrons. The van der Waals surface area contributed by atoms with Crippen molar-refractivity contribution < 1.29 is 216 Å². The molecule has 0 rings (SSSR count). The minimum absolute atomic E-state index is 0. The molecule has 0 radical (unpaired) electrons. The quantitative estimate of drug-likeness (QED) is 0.452. The van der Waals surface area contributed by atoms with Crippen molar-refractivity contribution in [1.82, 2.24) is 0 Å². The van der Waals surface area contributed by atoms with Gasteiger partial charge in [0, 0.05) is 0 Å². The second-order valence-electron chi connectivity index (χ2n) is 1.10. The van der Waals surface area contributed by atoms with Crippen molar-refractivity contribution in [2.75, 3.05) is 0 Å². The van der Waals surface area contributed by atoms with Gasteiger partial charge in [-0.05, 0) is 0 Å². The van der Waals surface area contributed by atoms with Crippen molar-refractivity contribution in [2.45, 2.75) is 0 Å². The molecule has 0 spiro atoms. The molecule has 16 heteroatoms. The predicted octanol–water partition coefficient (Wildman–Crippen LogP) is -26.8. The van der Waals surface area contributed by atoms with Gasteiger partial charge < -0.3 is 38.4 Å². The molecule has 2 N–H and O–H groups in total. The standard InChI is InChI=1S/6Na.O7Si2.H2O/c;;;;;;1-8(2,3)7-9(4,5)6;/h;;;;;;;1H2/q6*+1;-6;. The van der Waals surface area contributed by atoms with E-state index in [0.29, 0.717) is 0 Å². The number of rotatable bonds is 2. The van der Waals surface area contributed by atoms with Crippen molar-refractivity contribution >= 4 is 18.1 Å². The maximum absolute atomic E-state index is 9.36. The molecule has 0 aromatic rings. The monoisotopic (exact) mass is 324 g/mol. The zero-order valence-corrected chi connectivity index (χ0v) is 24.4. The molecule has 0 fully saturated rings. The molecule has 0 amide bonds. The van der Waals surface area contributed by atoms with Crippen molar-refractivity contribution in [2.24, 2.45) is 0 Å². The summed E-state index contributed by atoms with van der Waals surface area (Å²) in [4.78, 5) is 56.2. The van der Waals surface area contributed by atoms with Crippen LogP contribution in [0, 0.1) is 0 Å². The Balaban J connectivity index is -0.0000000152. The van der Waals surface area contributed by atoms with Gasteiger partial charge >= 0.3 is 177 Å². The summed E-state index contributed by atoms with van der Waals surface area (Å²) >= 11 is 0. The van der Waals surface area contributed by atoms with Gasteiger partial charge in [0.15, 0.2) is 0 Å². The molecule has 0 aliphatic rings. The molecule has 0 saturated heterocycles. The minimum Gasteiger partial charge on any atom is -0.862 e. The van der Waals surface area contributed by atoms with E-state index in [1.807, 2.05) is 0 Å². The molecule has 0 aliphatic carbocycles. The van der Waals surface area contributed by atoms with Gasteiger partial charge in [-0.2, -0.15) is 0 Å². The van der Waals surface area contributed by atoms with E-state index in [4.69, 9.17) is 0 Å². The zero-order valence-electron chi connectivity index (χ0n) is 10.4. The van der Waals surface area contributed by atoms with E-state index >= 15 is 0 Å². The molecule has 0 aromatic carbocycles. The Morgan fingerprint density at radius 3 is 0.625 bits per heavy atom. The zero-order chi connectivity index (χ0) is 7.71. The van der Waals surface area contributed by atoms with Crippen molar-refractivity contribution in [1.29, 1.82) is 0 Å². The van der Waals surface area contributed by atoms with Crippen LogP contribution in [0.1, 0.15) is 0 Å². The van der Waals surface area contributed by atoms with Gasteiger partial charge in [0.05, 0.1) is 0 Å². The second-order valence-corrected chi connectivity index (χ2v) is 3.92. The fourth-order valence-corrected chi connectivity index (χ4v) is 1.38. The number of hydrogen-bond acceptors (Lipinski definition) is 7. The van der Waals surface area contributed by atoms with E-state index in [0.717, 1.165) is 0 Å². The van der Waals surface area contributed by atoms with E-state index < -0.39 is 18.1 Å². The first-order chi connectivity index (χ1) is 3.71. The minimum atomic E-state index is -5.92. The topological polar surface area (TPSA) is 179 Å². The molecular formula is H2Na6O8Si2. The van der Waals surface area contributed by atoms with E-state index in [1.54, 1.807) is 0 Å². The predicted molar refractivity (Wildman–Crippen MR) is 16.2 cm³/mol. The second kappa shape index (κ2) is 23.4. The molecule has 16 heavy (non-hydrogen) atoms. The molecule has 0 heterocycles. The van der Waals surface area contributed by atoms with Gasteiger partial charge in [-0.3, -0.25) is 0 Å². The summed E-state index contributed by atoms with van der Waals surface area (Å²) in [6.07, 6.45) is 0. The van der Waals surface area contributed by atoms with Gasteiger partial charge in [0.1, 0.15) is 0 Å². The Labute approximate surface area is 228 Å². The average Bonchev–Trinajstić information content (AvgIpc) is 1.14. The first-order valence-corrected chi connectivity index (χ1v) is 4.90.